The number of hydrogen-bond acceptors (Lipinski definition) is 5. The van der Waals surface area contributed by atoms with Crippen molar-refractivity contribution in [2.24, 2.45) is 0 Å². The molecule has 2 rings (SSSR count). The zero-order chi connectivity index (χ0) is 14.0. The largest absolute Gasteiger partial charge is 0.372 e. The second-order valence-corrected chi connectivity index (χ2v) is 4.64. The molecule has 0 spiro atoms. The quantitative estimate of drug-likeness (QED) is 0.686. The van der Waals surface area contributed by atoms with Gasteiger partial charge in [0.05, 0.1) is 27.2 Å². The minimum absolute atomic E-state index is 0.134. The molecule has 0 aliphatic carbocycles. The van der Waals surface area contributed by atoms with Gasteiger partial charge in [0, 0.05) is 12.1 Å². The van der Waals surface area contributed by atoms with Gasteiger partial charge in [-0.15, -0.1) is 0 Å². The van der Waals surface area contributed by atoms with Crippen molar-refractivity contribution < 1.29 is 9.45 Å². The van der Waals surface area contributed by atoms with Crippen LogP contribution in [0.25, 0.3) is 0 Å². The number of nitrogens with one attached hydrogen (secondary N) is 1. The van der Waals surface area contributed by atoms with Gasteiger partial charge in [0.1, 0.15) is 5.69 Å². The summed E-state index contributed by atoms with van der Waals surface area (Å²) in [5.74, 6) is 0.567. The number of rotatable bonds is 4. The molecule has 0 atom stereocenters. The molecule has 0 aliphatic rings. The molecule has 19 heavy (non-hydrogen) atoms. The fourth-order valence-corrected chi connectivity index (χ4v) is 1.83. The molecular formula is C11H9Cl2N3O3. The normalized spacial score (nSPS) is 10.5. The maximum Gasteiger partial charge on any atom is 0.293 e. The molecule has 8 heteroatoms. The molecule has 0 amide bonds. The third-order valence-electron chi connectivity index (χ3n) is 2.37. The van der Waals surface area contributed by atoms with Crippen molar-refractivity contribution in [2.75, 3.05) is 5.32 Å². The van der Waals surface area contributed by atoms with E-state index in [0.717, 1.165) is 5.69 Å². The van der Waals surface area contributed by atoms with Crippen molar-refractivity contribution >= 4 is 34.6 Å². The minimum atomic E-state index is -0.532. The van der Waals surface area contributed by atoms with E-state index < -0.39 is 4.92 Å². The first-order valence-corrected chi connectivity index (χ1v) is 6.02. The van der Waals surface area contributed by atoms with Gasteiger partial charge in [-0.1, -0.05) is 28.4 Å². The Kier molecular flexibility index (Phi) is 3.92. The SMILES string of the molecule is Cc1cc(CNc2cc(Cl)c(Cl)cc2[N+](=O)[O-])on1. The van der Waals surface area contributed by atoms with Crippen LogP contribution >= 0.6 is 23.2 Å². The van der Waals surface area contributed by atoms with E-state index in [1.165, 1.54) is 12.1 Å². The third kappa shape index (κ3) is 3.15. The van der Waals surface area contributed by atoms with Crippen molar-refractivity contribution in [1.82, 2.24) is 5.16 Å². The summed E-state index contributed by atoms with van der Waals surface area (Å²) >= 11 is 11.6. The number of nitrogens with zero attached hydrogens (tertiary/aromatic N) is 2. The highest BCUT2D eigenvalue weighted by Crippen LogP contribution is 2.34. The monoisotopic (exact) mass is 301 g/mol. The van der Waals surface area contributed by atoms with Crippen LogP contribution in [-0.2, 0) is 6.54 Å². The van der Waals surface area contributed by atoms with Crippen molar-refractivity contribution in [2.45, 2.75) is 13.5 Å². The Balaban J connectivity index is 2.23. The predicted octanol–water partition coefficient (Wildman–Crippen LogP) is 3.81. The van der Waals surface area contributed by atoms with E-state index >= 15 is 0 Å². The summed E-state index contributed by atoms with van der Waals surface area (Å²) in [5, 5.41) is 17.9. The van der Waals surface area contributed by atoms with Crippen molar-refractivity contribution in [3.63, 3.8) is 0 Å². The number of nitro groups is 1. The Morgan fingerprint density at radius 3 is 2.63 bits per heavy atom. The summed E-state index contributed by atoms with van der Waals surface area (Å²) in [5.41, 5.74) is 0.861. The minimum Gasteiger partial charge on any atom is -0.372 e. The molecule has 2 aromatic rings. The average molecular weight is 302 g/mol. The van der Waals surface area contributed by atoms with Crippen molar-refractivity contribution in [3.05, 3.63) is 49.8 Å². The lowest BCUT2D eigenvalue weighted by molar-refractivity contribution is -0.383. The van der Waals surface area contributed by atoms with Crippen LogP contribution in [0.3, 0.4) is 0 Å². The standard InChI is InChI=1S/C11H9Cl2N3O3/c1-6-2-7(19-15-6)5-14-10-3-8(12)9(13)4-11(10)16(17)18/h2-4,14H,5H2,1H3. The van der Waals surface area contributed by atoms with Crippen molar-refractivity contribution in [1.29, 1.82) is 0 Å². The van der Waals surface area contributed by atoms with Gasteiger partial charge in [-0.05, 0) is 13.0 Å². The first-order valence-electron chi connectivity index (χ1n) is 5.27. The Labute approximate surface area is 118 Å². The molecule has 100 valence electrons. The van der Waals surface area contributed by atoms with E-state index in [4.69, 9.17) is 27.7 Å². The molecule has 6 nitrogen and oxygen atoms in total. The Bertz CT molecular complexity index is 628. The van der Waals surface area contributed by atoms with E-state index in [0.29, 0.717) is 5.76 Å². The first kappa shape index (κ1) is 13.6. The van der Waals surface area contributed by atoms with Crippen LogP contribution in [0.1, 0.15) is 11.5 Å². The fraction of sp³-hybridized carbons (Fsp3) is 0.182. The number of hydrogen-bond donors (Lipinski definition) is 1. The second kappa shape index (κ2) is 5.46. The van der Waals surface area contributed by atoms with Gasteiger partial charge < -0.3 is 9.84 Å². The average Bonchev–Trinajstić information content (AvgIpc) is 2.76. The number of aryl methyl sites for hydroxylation is 1. The molecule has 1 N–H and O–H groups in total. The number of benzene rings is 1. The van der Waals surface area contributed by atoms with Crippen LogP contribution in [0, 0.1) is 17.0 Å². The van der Waals surface area contributed by atoms with E-state index in [-0.39, 0.29) is 28.0 Å². The van der Waals surface area contributed by atoms with Gasteiger partial charge in [-0.2, -0.15) is 0 Å². The zero-order valence-corrected chi connectivity index (χ0v) is 11.3. The number of aromatic nitrogens is 1. The topological polar surface area (TPSA) is 81.2 Å². The molecule has 0 saturated heterocycles. The molecule has 0 aliphatic heterocycles. The maximum absolute atomic E-state index is 10.9. The Morgan fingerprint density at radius 2 is 2.05 bits per heavy atom. The summed E-state index contributed by atoms with van der Waals surface area (Å²) in [6.45, 7) is 2.05. The lowest BCUT2D eigenvalue weighted by Crippen LogP contribution is -2.02. The van der Waals surface area contributed by atoms with Gasteiger partial charge in [0.25, 0.3) is 5.69 Å². The summed E-state index contributed by atoms with van der Waals surface area (Å²) in [6, 6.07) is 4.35. The lowest BCUT2D eigenvalue weighted by atomic mass is 10.2. The molecule has 0 bridgehead atoms. The highest BCUT2D eigenvalue weighted by atomic mass is 35.5. The second-order valence-electron chi connectivity index (χ2n) is 3.83. The summed E-state index contributed by atoms with van der Waals surface area (Å²) in [4.78, 5) is 10.4. The predicted molar refractivity (Wildman–Crippen MR) is 71.7 cm³/mol. The number of nitro benzene ring substituents is 1. The van der Waals surface area contributed by atoms with E-state index in [1.54, 1.807) is 13.0 Å². The number of halogens is 2. The summed E-state index contributed by atoms with van der Waals surface area (Å²) in [6.07, 6.45) is 0. The van der Waals surface area contributed by atoms with Crippen LogP contribution < -0.4 is 5.32 Å². The Morgan fingerprint density at radius 1 is 1.37 bits per heavy atom. The molecule has 0 radical (unpaired) electrons. The number of anilines is 1. The molecule has 0 fully saturated rings. The van der Waals surface area contributed by atoms with Crippen LogP contribution in [0.2, 0.25) is 10.0 Å². The third-order valence-corrected chi connectivity index (χ3v) is 3.09. The van der Waals surface area contributed by atoms with Crippen LogP contribution in [-0.4, -0.2) is 10.1 Å². The summed E-state index contributed by atoms with van der Waals surface area (Å²) < 4.78 is 5.00. The van der Waals surface area contributed by atoms with Gasteiger partial charge in [-0.3, -0.25) is 10.1 Å². The van der Waals surface area contributed by atoms with Crippen molar-refractivity contribution in [3.8, 4) is 0 Å². The Hall–Kier alpha value is -1.79. The lowest BCUT2D eigenvalue weighted by Gasteiger charge is -2.06. The fourth-order valence-electron chi connectivity index (χ4n) is 1.51. The molecule has 1 aromatic carbocycles. The van der Waals surface area contributed by atoms with Crippen LogP contribution in [0.15, 0.2) is 22.7 Å². The molecule has 1 aromatic heterocycles. The van der Waals surface area contributed by atoms with Gasteiger partial charge in [0.15, 0.2) is 5.76 Å². The van der Waals surface area contributed by atoms with Crippen LogP contribution in [0.4, 0.5) is 11.4 Å². The summed E-state index contributed by atoms with van der Waals surface area (Å²) in [7, 11) is 0. The van der Waals surface area contributed by atoms with E-state index in [2.05, 4.69) is 10.5 Å². The highest BCUT2D eigenvalue weighted by Gasteiger charge is 2.17. The molecule has 1 heterocycles. The van der Waals surface area contributed by atoms with Gasteiger partial charge in [0.2, 0.25) is 0 Å². The first-order chi connectivity index (χ1) is 8.97. The van der Waals surface area contributed by atoms with Crippen LogP contribution in [0.5, 0.6) is 0 Å². The maximum atomic E-state index is 10.9. The highest BCUT2D eigenvalue weighted by molar-refractivity contribution is 6.42. The van der Waals surface area contributed by atoms with E-state index in [1.807, 2.05) is 0 Å². The van der Waals surface area contributed by atoms with E-state index in [9.17, 15) is 10.1 Å². The van der Waals surface area contributed by atoms with Gasteiger partial charge in [-0.25, -0.2) is 0 Å². The zero-order valence-electron chi connectivity index (χ0n) is 9.81. The van der Waals surface area contributed by atoms with Gasteiger partial charge >= 0.3 is 0 Å². The molecular weight excluding hydrogens is 293 g/mol. The smallest absolute Gasteiger partial charge is 0.293 e. The molecule has 0 unspecified atom stereocenters. The molecule has 0 saturated carbocycles.